The Morgan fingerprint density at radius 3 is 2.79 bits per heavy atom. The van der Waals surface area contributed by atoms with Crippen molar-refractivity contribution < 1.29 is 9.26 Å². The summed E-state index contributed by atoms with van der Waals surface area (Å²) in [6, 6.07) is 10.2. The maximum Gasteiger partial charge on any atom is 0.321 e. The smallest absolute Gasteiger partial charge is 0.321 e. The van der Waals surface area contributed by atoms with Gasteiger partial charge in [-0.15, -0.1) is 0 Å². The van der Waals surface area contributed by atoms with Crippen LogP contribution in [0.3, 0.4) is 0 Å². The van der Waals surface area contributed by atoms with Gasteiger partial charge in [-0.2, -0.15) is 4.98 Å². The summed E-state index contributed by atoms with van der Waals surface area (Å²) in [6.45, 7) is 6.67. The molecule has 6 nitrogen and oxygen atoms in total. The molecule has 0 saturated carbocycles. The Balaban J connectivity index is 1.63. The van der Waals surface area contributed by atoms with Crippen LogP contribution >= 0.6 is 0 Å². The third kappa shape index (κ3) is 3.90. The van der Waals surface area contributed by atoms with Gasteiger partial charge in [-0.1, -0.05) is 31.1 Å². The third-order valence-corrected chi connectivity index (χ3v) is 3.50. The molecule has 24 heavy (non-hydrogen) atoms. The Kier molecular flexibility index (Phi) is 4.74. The minimum Gasteiger partial charge on any atom is -0.455 e. The Labute approximate surface area is 140 Å². The van der Waals surface area contributed by atoms with Crippen LogP contribution in [0.4, 0.5) is 6.01 Å². The van der Waals surface area contributed by atoms with Gasteiger partial charge in [0.2, 0.25) is 0 Å². The number of nitrogens with one attached hydrogen (secondary N) is 1. The Bertz CT molecular complexity index is 800. The van der Waals surface area contributed by atoms with Crippen molar-refractivity contribution in [2.24, 2.45) is 0 Å². The molecule has 0 aliphatic carbocycles. The SMILES string of the molecule is Cc1cc(CNc2nc(C(C)C)no2)ccc1Oc1cccnc1. The van der Waals surface area contributed by atoms with Gasteiger partial charge in [0.25, 0.3) is 0 Å². The first kappa shape index (κ1) is 16.0. The van der Waals surface area contributed by atoms with E-state index in [2.05, 4.69) is 26.5 Å². The molecule has 0 saturated heterocycles. The van der Waals surface area contributed by atoms with Crippen LogP contribution in [0, 0.1) is 6.92 Å². The van der Waals surface area contributed by atoms with E-state index in [1.54, 1.807) is 12.4 Å². The summed E-state index contributed by atoms with van der Waals surface area (Å²) in [6.07, 6.45) is 3.41. The van der Waals surface area contributed by atoms with Crippen molar-refractivity contribution in [2.45, 2.75) is 33.2 Å². The van der Waals surface area contributed by atoms with E-state index in [4.69, 9.17) is 9.26 Å². The van der Waals surface area contributed by atoms with Crippen LogP contribution in [-0.4, -0.2) is 15.1 Å². The highest BCUT2D eigenvalue weighted by Crippen LogP contribution is 2.25. The van der Waals surface area contributed by atoms with Crippen LogP contribution in [0.25, 0.3) is 0 Å². The minimum absolute atomic E-state index is 0.246. The van der Waals surface area contributed by atoms with E-state index in [-0.39, 0.29) is 5.92 Å². The molecule has 0 aliphatic heterocycles. The predicted octanol–water partition coefficient (Wildman–Crippen LogP) is 4.30. The molecule has 0 unspecified atom stereocenters. The monoisotopic (exact) mass is 324 g/mol. The van der Waals surface area contributed by atoms with Gasteiger partial charge in [0.1, 0.15) is 11.5 Å². The standard InChI is InChI=1S/C18H20N4O2/c1-12(2)17-21-18(24-22-17)20-10-14-6-7-16(13(3)9-14)23-15-5-4-8-19-11-15/h4-9,11-12H,10H2,1-3H3,(H,20,21,22). The van der Waals surface area contributed by atoms with E-state index in [0.717, 1.165) is 22.6 Å². The fourth-order valence-corrected chi connectivity index (χ4v) is 2.19. The van der Waals surface area contributed by atoms with Gasteiger partial charge in [0.15, 0.2) is 5.82 Å². The Morgan fingerprint density at radius 1 is 1.25 bits per heavy atom. The van der Waals surface area contributed by atoms with Crippen LogP contribution in [-0.2, 0) is 6.54 Å². The maximum absolute atomic E-state index is 5.83. The van der Waals surface area contributed by atoms with Gasteiger partial charge in [-0.05, 0) is 36.2 Å². The normalized spacial score (nSPS) is 10.8. The molecule has 0 spiro atoms. The second-order valence-corrected chi connectivity index (χ2v) is 5.86. The molecule has 6 heteroatoms. The molecule has 2 heterocycles. The zero-order valence-electron chi connectivity index (χ0n) is 14.0. The van der Waals surface area contributed by atoms with Crippen LogP contribution in [0.15, 0.2) is 47.2 Å². The molecule has 1 N–H and O–H groups in total. The molecule has 3 aromatic rings. The molecule has 0 fully saturated rings. The van der Waals surface area contributed by atoms with Gasteiger partial charge < -0.3 is 14.6 Å². The van der Waals surface area contributed by atoms with Crippen LogP contribution < -0.4 is 10.1 Å². The average molecular weight is 324 g/mol. The summed E-state index contributed by atoms with van der Waals surface area (Å²) in [5.74, 6) is 2.48. The van der Waals surface area contributed by atoms with Gasteiger partial charge in [0, 0.05) is 18.7 Å². The largest absolute Gasteiger partial charge is 0.455 e. The lowest BCUT2D eigenvalue weighted by Gasteiger charge is -2.10. The van der Waals surface area contributed by atoms with E-state index in [9.17, 15) is 0 Å². The first-order chi connectivity index (χ1) is 11.6. The second kappa shape index (κ2) is 7.12. The quantitative estimate of drug-likeness (QED) is 0.728. The summed E-state index contributed by atoms with van der Waals surface area (Å²) in [4.78, 5) is 8.35. The lowest BCUT2D eigenvalue weighted by molar-refractivity contribution is 0.419. The van der Waals surface area contributed by atoms with Gasteiger partial charge in [-0.3, -0.25) is 4.98 Å². The summed E-state index contributed by atoms with van der Waals surface area (Å²) in [5.41, 5.74) is 2.15. The van der Waals surface area contributed by atoms with E-state index < -0.39 is 0 Å². The van der Waals surface area contributed by atoms with Crippen LogP contribution in [0.2, 0.25) is 0 Å². The highest BCUT2D eigenvalue weighted by atomic mass is 16.5. The van der Waals surface area contributed by atoms with E-state index in [0.29, 0.717) is 18.4 Å². The summed E-state index contributed by atoms with van der Waals surface area (Å²) >= 11 is 0. The number of hydrogen-bond donors (Lipinski definition) is 1. The number of pyridine rings is 1. The molecule has 0 bridgehead atoms. The van der Waals surface area contributed by atoms with Crippen LogP contribution in [0.1, 0.15) is 36.7 Å². The van der Waals surface area contributed by atoms with Crippen molar-refractivity contribution in [1.29, 1.82) is 0 Å². The fraction of sp³-hybridized carbons (Fsp3) is 0.278. The lowest BCUT2D eigenvalue weighted by Crippen LogP contribution is -2.01. The van der Waals surface area contributed by atoms with Crippen molar-refractivity contribution in [3.8, 4) is 11.5 Å². The topological polar surface area (TPSA) is 73.1 Å². The second-order valence-electron chi connectivity index (χ2n) is 5.86. The van der Waals surface area contributed by atoms with Gasteiger partial charge in [0.05, 0.1) is 6.20 Å². The minimum atomic E-state index is 0.246. The van der Waals surface area contributed by atoms with Crippen molar-refractivity contribution in [3.05, 3.63) is 59.7 Å². The van der Waals surface area contributed by atoms with E-state index in [1.807, 2.05) is 45.0 Å². The highest BCUT2D eigenvalue weighted by Gasteiger charge is 2.09. The zero-order chi connectivity index (χ0) is 16.9. The average Bonchev–Trinajstić information content (AvgIpc) is 3.05. The highest BCUT2D eigenvalue weighted by molar-refractivity contribution is 5.40. The lowest BCUT2D eigenvalue weighted by atomic mass is 10.1. The van der Waals surface area contributed by atoms with Crippen LogP contribution in [0.5, 0.6) is 11.5 Å². The molecule has 0 radical (unpaired) electrons. The fourth-order valence-electron chi connectivity index (χ4n) is 2.19. The number of aromatic nitrogens is 3. The predicted molar refractivity (Wildman–Crippen MR) is 91.2 cm³/mol. The molecular formula is C18H20N4O2. The third-order valence-electron chi connectivity index (χ3n) is 3.50. The molecular weight excluding hydrogens is 304 g/mol. The van der Waals surface area contributed by atoms with Crippen molar-refractivity contribution in [1.82, 2.24) is 15.1 Å². The van der Waals surface area contributed by atoms with Crippen molar-refractivity contribution >= 4 is 6.01 Å². The van der Waals surface area contributed by atoms with E-state index in [1.165, 1.54) is 0 Å². The molecule has 1 aromatic carbocycles. The first-order valence-corrected chi connectivity index (χ1v) is 7.86. The zero-order valence-corrected chi connectivity index (χ0v) is 14.0. The number of aryl methyl sites for hydroxylation is 1. The summed E-state index contributed by atoms with van der Waals surface area (Å²) < 4.78 is 11.0. The Hall–Kier alpha value is -2.89. The molecule has 3 rings (SSSR count). The molecule has 0 atom stereocenters. The summed E-state index contributed by atoms with van der Waals surface area (Å²) in [5, 5.41) is 7.07. The van der Waals surface area contributed by atoms with Gasteiger partial charge in [-0.25, -0.2) is 0 Å². The number of nitrogens with zero attached hydrogens (tertiary/aromatic N) is 3. The molecule has 124 valence electrons. The molecule has 0 amide bonds. The summed E-state index contributed by atoms with van der Waals surface area (Å²) in [7, 11) is 0. The maximum atomic E-state index is 5.83. The number of ether oxygens (including phenoxy) is 1. The first-order valence-electron chi connectivity index (χ1n) is 7.86. The Morgan fingerprint density at radius 2 is 2.12 bits per heavy atom. The van der Waals surface area contributed by atoms with E-state index >= 15 is 0 Å². The molecule has 0 aliphatic rings. The number of rotatable bonds is 6. The number of benzene rings is 1. The molecule has 2 aromatic heterocycles. The van der Waals surface area contributed by atoms with Gasteiger partial charge >= 0.3 is 6.01 Å². The van der Waals surface area contributed by atoms with Crippen molar-refractivity contribution in [3.63, 3.8) is 0 Å². The number of anilines is 1. The van der Waals surface area contributed by atoms with Crippen molar-refractivity contribution in [2.75, 3.05) is 5.32 Å². The number of hydrogen-bond acceptors (Lipinski definition) is 6.